The number of amides is 2. The van der Waals surface area contributed by atoms with Crippen LogP contribution in [0.1, 0.15) is 44.8 Å². The highest BCUT2D eigenvalue weighted by molar-refractivity contribution is 7.09. The molecule has 0 fully saturated rings. The molecule has 7 heteroatoms. The number of rotatable bonds is 6. The first-order valence-electron chi connectivity index (χ1n) is 7.86. The van der Waals surface area contributed by atoms with E-state index in [1.165, 1.54) is 0 Å². The standard InChI is InChI=1S/C16H25N5OS/c1-6-16(4,14-17-7-8-23-14)19-15(22)18-13-10-12(9-11(2)3)20-21(13)5/h7-8,10-11H,6,9H2,1-5H3,(H2,18,19,22). The predicted octanol–water partition coefficient (Wildman–Crippen LogP) is 3.52. The predicted molar refractivity (Wildman–Crippen MR) is 93.7 cm³/mol. The lowest BCUT2D eigenvalue weighted by atomic mass is 10.0. The molecule has 0 aliphatic rings. The molecular weight excluding hydrogens is 310 g/mol. The van der Waals surface area contributed by atoms with Crippen molar-refractivity contribution < 1.29 is 4.79 Å². The lowest BCUT2D eigenvalue weighted by Crippen LogP contribution is -2.45. The molecule has 0 aromatic carbocycles. The Balaban J connectivity index is 2.06. The van der Waals surface area contributed by atoms with Crippen molar-refractivity contribution in [3.05, 3.63) is 28.3 Å². The topological polar surface area (TPSA) is 71.8 Å². The maximum absolute atomic E-state index is 12.4. The number of carbonyl (C=O) groups is 1. The van der Waals surface area contributed by atoms with E-state index in [1.807, 2.05) is 32.3 Å². The van der Waals surface area contributed by atoms with Gasteiger partial charge in [-0.25, -0.2) is 9.78 Å². The number of hydrogen-bond acceptors (Lipinski definition) is 4. The summed E-state index contributed by atoms with van der Waals surface area (Å²) in [5.74, 6) is 1.22. The van der Waals surface area contributed by atoms with Crippen molar-refractivity contribution in [3.63, 3.8) is 0 Å². The average molecular weight is 335 g/mol. The van der Waals surface area contributed by atoms with Gasteiger partial charge < -0.3 is 5.32 Å². The van der Waals surface area contributed by atoms with Gasteiger partial charge in [0.05, 0.1) is 11.2 Å². The zero-order valence-corrected chi connectivity index (χ0v) is 15.2. The number of aromatic nitrogens is 3. The molecule has 2 heterocycles. The molecule has 1 unspecified atom stereocenters. The Morgan fingerprint density at radius 1 is 1.48 bits per heavy atom. The summed E-state index contributed by atoms with van der Waals surface area (Å²) in [4.78, 5) is 16.7. The molecule has 0 aliphatic heterocycles. The molecule has 2 rings (SSSR count). The second-order valence-corrected chi connectivity index (χ2v) is 7.24. The summed E-state index contributed by atoms with van der Waals surface area (Å²) in [7, 11) is 1.83. The van der Waals surface area contributed by atoms with E-state index in [4.69, 9.17) is 0 Å². The van der Waals surface area contributed by atoms with E-state index in [0.29, 0.717) is 11.7 Å². The molecule has 2 N–H and O–H groups in total. The Morgan fingerprint density at radius 3 is 2.78 bits per heavy atom. The normalized spacial score (nSPS) is 13.8. The lowest BCUT2D eigenvalue weighted by molar-refractivity contribution is 0.237. The molecular formula is C16H25N5OS. The van der Waals surface area contributed by atoms with Crippen molar-refractivity contribution in [2.45, 2.75) is 46.1 Å². The largest absolute Gasteiger partial charge is 0.326 e. The van der Waals surface area contributed by atoms with Crippen LogP contribution in [0.15, 0.2) is 17.6 Å². The molecule has 0 radical (unpaired) electrons. The minimum Gasteiger partial charge on any atom is -0.326 e. The number of carbonyl (C=O) groups excluding carboxylic acids is 1. The summed E-state index contributed by atoms with van der Waals surface area (Å²) < 4.78 is 1.70. The second kappa shape index (κ2) is 7.12. The molecule has 0 bridgehead atoms. The van der Waals surface area contributed by atoms with Crippen molar-refractivity contribution in [1.82, 2.24) is 20.1 Å². The first-order valence-corrected chi connectivity index (χ1v) is 8.74. The summed E-state index contributed by atoms with van der Waals surface area (Å²) in [5, 5.41) is 13.2. The SMILES string of the molecule is CCC(C)(NC(=O)Nc1cc(CC(C)C)nn1C)c1nccs1. The van der Waals surface area contributed by atoms with E-state index in [1.54, 1.807) is 22.2 Å². The Bertz CT molecular complexity index is 649. The van der Waals surface area contributed by atoms with Crippen LogP contribution in [0.25, 0.3) is 0 Å². The molecule has 6 nitrogen and oxygen atoms in total. The van der Waals surface area contributed by atoms with Gasteiger partial charge in [-0.05, 0) is 25.7 Å². The van der Waals surface area contributed by atoms with Crippen molar-refractivity contribution >= 4 is 23.2 Å². The van der Waals surface area contributed by atoms with Crippen LogP contribution in [0.2, 0.25) is 0 Å². The number of nitrogens with one attached hydrogen (secondary N) is 2. The van der Waals surface area contributed by atoms with Gasteiger partial charge in [-0.3, -0.25) is 10.00 Å². The van der Waals surface area contributed by atoms with Crippen molar-refractivity contribution in [2.75, 3.05) is 5.32 Å². The van der Waals surface area contributed by atoms with E-state index >= 15 is 0 Å². The number of hydrogen-bond donors (Lipinski definition) is 2. The molecule has 1 atom stereocenters. The fourth-order valence-electron chi connectivity index (χ4n) is 2.35. The van der Waals surface area contributed by atoms with Crippen LogP contribution < -0.4 is 10.6 Å². The third-order valence-electron chi connectivity index (χ3n) is 3.79. The first kappa shape index (κ1) is 17.5. The van der Waals surface area contributed by atoms with E-state index < -0.39 is 5.54 Å². The van der Waals surface area contributed by atoms with Gasteiger partial charge >= 0.3 is 6.03 Å². The van der Waals surface area contributed by atoms with Crippen molar-refractivity contribution in [1.29, 1.82) is 0 Å². The van der Waals surface area contributed by atoms with Crippen LogP contribution >= 0.6 is 11.3 Å². The first-order chi connectivity index (χ1) is 10.8. The Morgan fingerprint density at radius 2 is 2.22 bits per heavy atom. The van der Waals surface area contributed by atoms with Gasteiger partial charge in [0.25, 0.3) is 0 Å². The summed E-state index contributed by atoms with van der Waals surface area (Å²) in [5.41, 5.74) is 0.508. The van der Waals surface area contributed by atoms with E-state index in [0.717, 1.165) is 23.5 Å². The molecule has 0 saturated carbocycles. The fourth-order valence-corrected chi connectivity index (χ4v) is 3.18. The molecule has 0 aliphatic carbocycles. The average Bonchev–Trinajstić information content (AvgIpc) is 3.09. The Kier molecular flexibility index (Phi) is 5.41. The van der Waals surface area contributed by atoms with Crippen molar-refractivity contribution in [3.8, 4) is 0 Å². The quantitative estimate of drug-likeness (QED) is 0.848. The fraction of sp³-hybridized carbons (Fsp3) is 0.562. The van der Waals surface area contributed by atoms with Gasteiger partial charge in [-0.1, -0.05) is 20.8 Å². The molecule has 126 valence electrons. The van der Waals surface area contributed by atoms with E-state index in [-0.39, 0.29) is 6.03 Å². The van der Waals surface area contributed by atoms with E-state index in [2.05, 4.69) is 34.6 Å². The van der Waals surface area contributed by atoms with Crippen molar-refractivity contribution in [2.24, 2.45) is 13.0 Å². The van der Waals surface area contributed by atoms with Gasteiger partial charge in [-0.15, -0.1) is 11.3 Å². The Hall–Kier alpha value is -1.89. The van der Waals surface area contributed by atoms with Gasteiger partial charge in [0, 0.05) is 24.7 Å². The van der Waals surface area contributed by atoms with Crippen LogP contribution in [0.3, 0.4) is 0 Å². The molecule has 2 aromatic heterocycles. The summed E-state index contributed by atoms with van der Waals surface area (Å²) >= 11 is 1.55. The molecule has 0 spiro atoms. The maximum Gasteiger partial charge on any atom is 0.321 e. The third kappa shape index (κ3) is 4.31. The van der Waals surface area contributed by atoms with Crippen LogP contribution in [0.4, 0.5) is 10.6 Å². The number of thiazole rings is 1. The molecule has 23 heavy (non-hydrogen) atoms. The van der Waals surface area contributed by atoms with Gasteiger partial charge in [-0.2, -0.15) is 5.10 Å². The van der Waals surface area contributed by atoms with Gasteiger partial charge in [0.15, 0.2) is 0 Å². The van der Waals surface area contributed by atoms with Gasteiger partial charge in [0.2, 0.25) is 0 Å². The molecule has 0 saturated heterocycles. The lowest BCUT2D eigenvalue weighted by Gasteiger charge is -2.27. The van der Waals surface area contributed by atoms with Crippen LogP contribution in [0, 0.1) is 5.92 Å². The minimum atomic E-state index is -0.475. The molecule has 2 aromatic rings. The number of aryl methyl sites for hydroxylation is 1. The number of urea groups is 1. The number of nitrogens with zero attached hydrogens (tertiary/aromatic N) is 3. The smallest absolute Gasteiger partial charge is 0.321 e. The summed E-state index contributed by atoms with van der Waals surface area (Å²) in [6, 6.07) is 1.68. The van der Waals surface area contributed by atoms with E-state index in [9.17, 15) is 4.79 Å². The minimum absolute atomic E-state index is 0.247. The Labute approximate surface area is 141 Å². The maximum atomic E-state index is 12.4. The zero-order chi connectivity index (χ0) is 17.0. The summed E-state index contributed by atoms with van der Waals surface area (Å²) in [6.07, 6.45) is 3.41. The van der Waals surface area contributed by atoms with Gasteiger partial charge in [0.1, 0.15) is 10.8 Å². The number of anilines is 1. The molecule has 2 amide bonds. The van der Waals surface area contributed by atoms with Crippen LogP contribution in [0.5, 0.6) is 0 Å². The highest BCUT2D eigenvalue weighted by Crippen LogP contribution is 2.26. The highest BCUT2D eigenvalue weighted by atomic mass is 32.1. The third-order valence-corrected chi connectivity index (χ3v) is 4.83. The zero-order valence-electron chi connectivity index (χ0n) is 14.4. The summed E-state index contributed by atoms with van der Waals surface area (Å²) in [6.45, 7) is 8.32. The van der Waals surface area contributed by atoms with Crippen LogP contribution in [-0.2, 0) is 19.0 Å². The van der Waals surface area contributed by atoms with Crippen LogP contribution in [-0.4, -0.2) is 20.8 Å². The highest BCUT2D eigenvalue weighted by Gasteiger charge is 2.29. The monoisotopic (exact) mass is 335 g/mol. The second-order valence-electron chi connectivity index (χ2n) is 6.34.